The Hall–Kier alpha value is -1.59. The van der Waals surface area contributed by atoms with Crippen LogP contribution in [0, 0.1) is 26.7 Å². The maximum absolute atomic E-state index is 12.9. The van der Waals surface area contributed by atoms with E-state index in [4.69, 9.17) is 0 Å². The molecule has 2 fully saturated rings. The topological polar surface area (TPSA) is 52.7 Å². The van der Waals surface area contributed by atoms with Gasteiger partial charge in [-0.1, -0.05) is 17.7 Å². The zero-order valence-corrected chi connectivity index (χ0v) is 16.3. The van der Waals surface area contributed by atoms with Crippen LogP contribution >= 0.6 is 12.4 Å². The first-order valence-electron chi connectivity index (χ1n) is 8.78. The summed E-state index contributed by atoms with van der Waals surface area (Å²) in [5, 5.41) is 3.30. The number of amides is 2. The molecule has 5 nitrogen and oxygen atoms in total. The van der Waals surface area contributed by atoms with Gasteiger partial charge in [0.15, 0.2) is 0 Å². The van der Waals surface area contributed by atoms with E-state index in [0.29, 0.717) is 13.0 Å². The summed E-state index contributed by atoms with van der Waals surface area (Å²) in [5.74, 6) is -0.0355. The molecule has 0 radical (unpaired) electrons. The van der Waals surface area contributed by atoms with Crippen LogP contribution in [0.3, 0.4) is 0 Å². The van der Waals surface area contributed by atoms with Crippen LogP contribution in [-0.2, 0) is 9.59 Å². The van der Waals surface area contributed by atoms with Gasteiger partial charge in [-0.2, -0.15) is 0 Å². The van der Waals surface area contributed by atoms with Crippen molar-refractivity contribution in [3.8, 4) is 0 Å². The third-order valence-corrected chi connectivity index (χ3v) is 5.16. The molecule has 6 heteroatoms. The number of hydrogen-bond donors (Lipinski definition) is 1. The fourth-order valence-electron chi connectivity index (χ4n) is 4.09. The van der Waals surface area contributed by atoms with Crippen molar-refractivity contribution in [2.24, 2.45) is 5.92 Å². The average molecular weight is 366 g/mol. The molecule has 1 unspecified atom stereocenters. The number of carbonyl (C=O) groups excluding carboxylic acids is 2. The molecule has 1 aromatic carbocycles. The largest absolute Gasteiger partial charge is 0.337 e. The lowest BCUT2D eigenvalue weighted by Crippen LogP contribution is -2.54. The smallest absolute Gasteiger partial charge is 0.228 e. The molecule has 2 atom stereocenters. The van der Waals surface area contributed by atoms with Crippen molar-refractivity contribution < 1.29 is 9.59 Å². The van der Waals surface area contributed by atoms with E-state index >= 15 is 0 Å². The summed E-state index contributed by atoms with van der Waals surface area (Å²) < 4.78 is 0. The number of anilines is 1. The van der Waals surface area contributed by atoms with Gasteiger partial charge >= 0.3 is 0 Å². The number of carbonyl (C=O) groups is 2. The summed E-state index contributed by atoms with van der Waals surface area (Å²) in [6.07, 6.45) is 0.322. The van der Waals surface area contributed by atoms with Gasteiger partial charge in [-0.05, 0) is 38.8 Å². The molecular formula is C19H28ClN3O2. The molecule has 138 valence electrons. The molecule has 2 aliphatic heterocycles. The molecule has 0 aromatic heterocycles. The van der Waals surface area contributed by atoms with Crippen molar-refractivity contribution >= 4 is 29.9 Å². The Labute approximate surface area is 156 Å². The van der Waals surface area contributed by atoms with Gasteiger partial charge in [-0.3, -0.25) is 9.59 Å². The van der Waals surface area contributed by atoms with Crippen molar-refractivity contribution in [2.75, 3.05) is 31.1 Å². The van der Waals surface area contributed by atoms with E-state index in [-0.39, 0.29) is 36.2 Å². The van der Waals surface area contributed by atoms with Crippen LogP contribution < -0.4 is 10.2 Å². The summed E-state index contributed by atoms with van der Waals surface area (Å²) in [6, 6.07) is 4.39. The number of piperazine rings is 1. The fraction of sp³-hybridized carbons (Fsp3) is 0.579. The summed E-state index contributed by atoms with van der Waals surface area (Å²) >= 11 is 0. The van der Waals surface area contributed by atoms with Gasteiger partial charge in [0.05, 0.1) is 5.92 Å². The molecule has 0 bridgehead atoms. The van der Waals surface area contributed by atoms with Crippen LogP contribution in [0.25, 0.3) is 0 Å². The molecule has 0 saturated carbocycles. The van der Waals surface area contributed by atoms with Gasteiger partial charge in [0, 0.05) is 44.3 Å². The second-order valence-corrected chi connectivity index (χ2v) is 7.24. The van der Waals surface area contributed by atoms with Gasteiger partial charge in [0.25, 0.3) is 0 Å². The summed E-state index contributed by atoms with van der Waals surface area (Å²) in [6.45, 7) is 11.1. The Kier molecular flexibility index (Phi) is 6.12. The van der Waals surface area contributed by atoms with Gasteiger partial charge in [0.2, 0.25) is 11.8 Å². The van der Waals surface area contributed by atoms with E-state index in [0.717, 1.165) is 36.4 Å². The zero-order chi connectivity index (χ0) is 17.4. The lowest BCUT2D eigenvalue weighted by atomic mass is 10.0. The van der Waals surface area contributed by atoms with Gasteiger partial charge in [-0.25, -0.2) is 0 Å². The maximum atomic E-state index is 12.9. The van der Waals surface area contributed by atoms with E-state index in [9.17, 15) is 9.59 Å². The van der Waals surface area contributed by atoms with Crippen molar-refractivity contribution in [2.45, 2.75) is 40.2 Å². The van der Waals surface area contributed by atoms with Gasteiger partial charge in [-0.15, -0.1) is 12.4 Å². The van der Waals surface area contributed by atoms with Crippen LogP contribution in [0.1, 0.15) is 30.0 Å². The van der Waals surface area contributed by atoms with Crippen LogP contribution in [-0.4, -0.2) is 48.9 Å². The van der Waals surface area contributed by atoms with Crippen LogP contribution in [0.2, 0.25) is 0 Å². The van der Waals surface area contributed by atoms with Crippen LogP contribution in [0.5, 0.6) is 0 Å². The lowest BCUT2D eigenvalue weighted by molar-refractivity contribution is -0.138. The van der Waals surface area contributed by atoms with E-state index in [1.807, 2.05) is 23.6 Å². The van der Waals surface area contributed by atoms with Gasteiger partial charge in [0.1, 0.15) is 0 Å². The highest BCUT2D eigenvalue weighted by molar-refractivity contribution is 6.01. The Balaban J connectivity index is 0.00000225. The molecule has 2 amide bonds. The molecule has 2 aliphatic rings. The minimum atomic E-state index is -0.224. The van der Waals surface area contributed by atoms with Crippen LogP contribution in [0.15, 0.2) is 12.1 Å². The molecule has 1 aromatic rings. The number of aryl methyl sites for hydroxylation is 3. The first-order chi connectivity index (χ1) is 11.4. The third kappa shape index (κ3) is 3.82. The molecule has 2 saturated heterocycles. The van der Waals surface area contributed by atoms with Crippen molar-refractivity contribution in [1.82, 2.24) is 10.2 Å². The van der Waals surface area contributed by atoms with Crippen molar-refractivity contribution in [1.29, 1.82) is 0 Å². The Morgan fingerprint density at radius 1 is 1.20 bits per heavy atom. The van der Waals surface area contributed by atoms with E-state index in [2.05, 4.69) is 31.3 Å². The number of hydrogen-bond acceptors (Lipinski definition) is 3. The Bertz CT molecular complexity index is 654. The average Bonchev–Trinajstić information content (AvgIpc) is 2.88. The molecule has 2 heterocycles. The SMILES string of the molecule is Cc1cc(C)c(N2CC(C(=O)N3CCNC[C@H]3C)CC2=O)c(C)c1.Cl. The monoisotopic (exact) mass is 365 g/mol. The fourth-order valence-corrected chi connectivity index (χ4v) is 4.09. The first-order valence-corrected chi connectivity index (χ1v) is 8.78. The summed E-state index contributed by atoms with van der Waals surface area (Å²) in [5.41, 5.74) is 4.38. The predicted octanol–water partition coefficient (Wildman–Crippen LogP) is 2.21. The minimum Gasteiger partial charge on any atom is -0.337 e. The maximum Gasteiger partial charge on any atom is 0.228 e. The summed E-state index contributed by atoms with van der Waals surface area (Å²) in [7, 11) is 0. The molecule has 1 N–H and O–H groups in total. The number of rotatable bonds is 2. The highest BCUT2D eigenvalue weighted by atomic mass is 35.5. The van der Waals surface area contributed by atoms with Crippen LogP contribution in [0.4, 0.5) is 5.69 Å². The standard InChI is InChI=1S/C19H27N3O2.ClH/c1-12-7-13(2)18(14(3)8-12)22-11-16(9-17(22)23)19(24)21-6-5-20-10-15(21)4;/h7-8,15-16,20H,5-6,9-11H2,1-4H3;1H/t15-,16?;/m1./s1. The van der Waals surface area contributed by atoms with E-state index < -0.39 is 0 Å². The summed E-state index contributed by atoms with van der Waals surface area (Å²) in [4.78, 5) is 29.2. The van der Waals surface area contributed by atoms with Crippen molar-refractivity contribution in [3.05, 3.63) is 28.8 Å². The highest BCUT2D eigenvalue weighted by Gasteiger charge is 2.39. The minimum absolute atomic E-state index is 0. The molecule has 0 spiro atoms. The number of nitrogens with one attached hydrogen (secondary N) is 1. The van der Waals surface area contributed by atoms with Gasteiger partial charge < -0.3 is 15.1 Å². The second kappa shape index (κ2) is 7.75. The first kappa shape index (κ1) is 19.7. The Morgan fingerprint density at radius 2 is 1.84 bits per heavy atom. The molecule has 3 rings (SSSR count). The van der Waals surface area contributed by atoms with Crippen molar-refractivity contribution in [3.63, 3.8) is 0 Å². The second-order valence-electron chi connectivity index (χ2n) is 7.24. The van der Waals surface area contributed by atoms with E-state index in [1.165, 1.54) is 5.56 Å². The number of benzene rings is 1. The quantitative estimate of drug-likeness (QED) is 0.874. The molecule has 0 aliphatic carbocycles. The third-order valence-electron chi connectivity index (χ3n) is 5.16. The number of halogens is 1. The van der Waals surface area contributed by atoms with E-state index in [1.54, 1.807) is 0 Å². The molecule has 25 heavy (non-hydrogen) atoms. The molecular weight excluding hydrogens is 338 g/mol. The highest BCUT2D eigenvalue weighted by Crippen LogP contribution is 2.32. The Morgan fingerprint density at radius 3 is 2.44 bits per heavy atom. The predicted molar refractivity (Wildman–Crippen MR) is 102 cm³/mol. The lowest BCUT2D eigenvalue weighted by Gasteiger charge is -2.35. The zero-order valence-electron chi connectivity index (χ0n) is 15.5. The number of nitrogens with zero attached hydrogens (tertiary/aromatic N) is 2. The normalized spacial score (nSPS) is 23.6.